The molecule has 0 heterocycles. The smallest absolute Gasteiger partial charge is 0.312 e. The summed E-state index contributed by atoms with van der Waals surface area (Å²) >= 11 is 0. The molecular weight excluding hydrogens is 243 g/mol. The minimum absolute atomic E-state index is 0.100. The van der Waals surface area contributed by atoms with E-state index in [9.17, 15) is 13.4 Å². The van der Waals surface area contributed by atoms with Crippen molar-refractivity contribution in [2.24, 2.45) is 5.41 Å². The van der Waals surface area contributed by atoms with E-state index in [1.54, 1.807) is 19.9 Å². The summed E-state index contributed by atoms with van der Waals surface area (Å²) < 4.78 is 29.6. The number of ether oxygens (including phenoxy) is 1. The number of hydrogen-bond donors (Lipinski definition) is 0. The number of benzene rings is 1. The molecule has 17 heavy (non-hydrogen) atoms. The summed E-state index contributed by atoms with van der Waals surface area (Å²) in [6.45, 7) is 3.30. The molecule has 1 aromatic carbocycles. The Morgan fingerprint density at radius 3 is 2.65 bits per heavy atom. The molecule has 0 aliphatic rings. The van der Waals surface area contributed by atoms with E-state index in [0.29, 0.717) is 4.90 Å². The lowest BCUT2D eigenvalue weighted by Gasteiger charge is -2.20. The van der Waals surface area contributed by atoms with Crippen molar-refractivity contribution in [1.29, 1.82) is 0 Å². The number of halogens is 1. The van der Waals surface area contributed by atoms with Gasteiger partial charge in [0.25, 0.3) is 0 Å². The zero-order valence-corrected chi connectivity index (χ0v) is 10.8. The number of carbonyl (C=O) groups excluding carboxylic acids is 1. The standard InChI is InChI=1S/C12H15FO3S/c1-12(2,11(14)16-3)8-17(15)10-6-4-5-9(13)7-10/h4-7H,8H2,1-3H3. The van der Waals surface area contributed by atoms with E-state index in [1.807, 2.05) is 0 Å². The van der Waals surface area contributed by atoms with Crippen molar-refractivity contribution < 1.29 is 18.1 Å². The Kier molecular flexibility index (Phi) is 4.40. The van der Waals surface area contributed by atoms with Gasteiger partial charge in [-0.2, -0.15) is 0 Å². The SMILES string of the molecule is COC(=O)C(C)(C)CS(=O)c1cccc(F)c1. The molecule has 0 aromatic heterocycles. The van der Waals surface area contributed by atoms with E-state index in [1.165, 1.54) is 25.3 Å². The highest BCUT2D eigenvalue weighted by Gasteiger charge is 2.31. The summed E-state index contributed by atoms with van der Waals surface area (Å²) in [7, 11) is -0.139. The quantitative estimate of drug-likeness (QED) is 0.777. The highest BCUT2D eigenvalue weighted by Crippen LogP contribution is 2.22. The summed E-state index contributed by atoms with van der Waals surface area (Å²) in [6.07, 6.45) is 0. The van der Waals surface area contributed by atoms with Crippen molar-refractivity contribution in [3.63, 3.8) is 0 Å². The van der Waals surface area contributed by atoms with Crippen LogP contribution in [0.2, 0.25) is 0 Å². The van der Waals surface area contributed by atoms with Crippen molar-refractivity contribution in [2.45, 2.75) is 18.7 Å². The van der Waals surface area contributed by atoms with Gasteiger partial charge < -0.3 is 4.74 Å². The number of carbonyl (C=O) groups is 1. The molecule has 0 saturated carbocycles. The van der Waals surface area contributed by atoms with Crippen molar-refractivity contribution >= 4 is 16.8 Å². The second-order valence-corrected chi connectivity index (χ2v) is 5.77. The van der Waals surface area contributed by atoms with Crippen LogP contribution in [0.15, 0.2) is 29.2 Å². The largest absolute Gasteiger partial charge is 0.469 e. The number of methoxy groups -OCH3 is 1. The average Bonchev–Trinajstić information content (AvgIpc) is 2.27. The van der Waals surface area contributed by atoms with Crippen molar-refractivity contribution in [1.82, 2.24) is 0 Å². The molecule has 3 nitrogen and oxygen atoms in total. The van der Waals surface area contributed by atoms with Gasteiger partial charge in [-0.15, -0.1) is 0 Å². The van der Waals surface area contributed by atoms with E-state index in [-0.39, 0.29) is 5.75 Å². The molecule has 0 aliphatic carbocycles. The van der Waals surface area contributed by atoms with Crippen LogP contribution >= 0.6 is 0 Å². The lowest BCUT2D eigenvalue weighted by Crippen LogP contribution is -2.31. The normalized spacial score (nSPS) is 13.2. The van der Waals surface area contributed by atoms with Crippen LogP contribution in [0, 0.1) is 11.2 Å². The third kappa shape index (κ3) is 3.63. The Morgan fingerprint density at radius 1 is 1.47 bits per heavy atom. The lowest BCUT2D eigenvalue weighted by molar-refractivity contribution is -0.149. The number of hydrogen-bond acceptors (Lipinski definition) is 3. The van der Waals surface area contributed by atoms with Gasteiger partial charge in [-0.05, 0) is 32.0 Å². The molecule has 1 aromatic rings. The zero-order valence-electron chi connectivity index (χ0n) is 10.0. The topological polar surface area (TPSA) is 43.4 Å². The first-order chi connectivity index (χ1) is 7.86. The monoisotopic (exact) mass is 258 g/mol. The van der Waals surface area contributed by atoms with Crippen LogP contribution in [-0.4, -0.2) is 23.0 Å². The summed E-state index contributed by atoms with van der Waals surface area (Å²) in [6, 6.07) is 5.57. The van der Waals surface area contributed by atoms with E-state index in [4.69, 9.17) is 0 Å². The minimum Gasteiger partial charge on any atom is -0.469 e. The van der Waals surface area contributed by atoms with Crippen LogP contribution in [0.3, 0.4) is 0 Å². The van der Waals surface area contributed by atoms with Crippen LogP contribution < -0.4 is 0 Å². The first-order valence-electron chi connectivity index (χ1n) is 5.09. The highest BCUT2D eigenvalue weighted by molar-refractivity contribution is 7.85. The van der Waals surface area contributed by atoms with Gasteiger partial charge in [-0.3, -0.25) is 9.00 Å². The average molecular weight is 258 g/mol. The molecule has 0 fully saturated rings. The fraction of sp³-hybridized carbons (Fsp3) is 0.417. The Hall–Kier alpha value is -1.23. The predicted molar refractivity (Wildman–Crippen MR) is 63.5 cm³/mol. The Balaban J connectivity index is 2.83. The molecule has 0 amide bonds. The molecule has 0 saturated heterocycles. The molecule has 0 radical (unpaired) electrons. The van der Waals surface area contributed by atoms with Crippen LogP contribution in [0.1, 0.15) is 13.8 Å². The minimum atomic E-state index is -1.43. The predicted octanol–water partition coefficient (Wildman–Crippen LogP) is 2.13. The molecule has 1 atom stereocenters. The Bertz CT molecular complexity index is 443. The molecule has 0 N–H and O–H groups in total. The van der Waals surface area contributed by atoms with Gasteiger partial charge >= 0.3 is 5.97 Å². The number of esters is 1. The van der Waals surface area contributed by atoms with E-state index < -0.39 is 28.0 Å². The molecule has 1 rings (SSSR count). The second-order valence-electron chi connectivity index (χ2n) is 4.32. The summed E-state index contributed by atoms with van der Waals surface area (Å²) in [5.41, 5.74) is -0.855. The first kappa shape index (κ1) is 13.8. The van der Waals surface area contributed by atoms with E-state index in [0.717, 1.165) is 0 Å². The summed E-state index contributed by atoms with van der Waals surface area (Å²) in [5, 5.41) is 0. The third-order valence-electron chi connectivity index (χ3n) is 2.29. The van der Waals surface area contributed by atoms with Crippen LogP contribution in [0.5, 0.6) is 0 Å². The van der Waals surface area contributed by atoms with Crippen LogP contribution in [-0.2, 0) is 20.3 Å². The third-order valence-corrected chi connectivity index (χ3v) is 4.05. The van der Waals surface area contributed by atoms with Crippen molar-refractivity contribution in [2.75, 3.05) is 12.9 Å². The molecule has 0 spiro atoms. The molecule has 94 valence electrons. The van der Waals surface area contributed by atoms with Gasteiger partial charge in [0.2, 0.25) is 0 Å². The maximum atomic E-state index is 13.0. The van der Waals surface area contributed by atoms with Crippen molar-refractivity contribution in [3.8, 4) is 0 Å². The highest BCUT2D eigenvalue weighted by atomic mass is 32.2. The summed E-state index contributed by atoms with van der Waals surface area (Å²) in [5.74, 6) is -0.766. The second kappa shape index (κ2) is 5.40. The maximum Gasteiger partial charge on any atom is 0.312 e. The van der Waals surface area contributed by atoms with Gasteiger partial charge in [0.1, 0.15) is 5.82 Å². The van der Waals surface area contributed by atoms with Gasteiger partial charge in [0, 0.05) is 10.6 Å². The zero-order chi connectivity index (χ0) is 13.1. The van der Waals surface area contributed by atoms with Crippen LogP contribution in [0.4, 0.5) is 4.39 Å². The van der Waals surface area contributed by atoms with Crippen LogP contribution in [0.25, 0.3) is 0 Å². The van der Waals surface area contributed by atoms with E-state index in [2.05, 4.69) is 4.74 Å². The molecule has 5 heteroatoms. The van der Waals surface area contributed by atoms with Gasteiger partial charge in [0.15, 0.2) is 0 Å². The summed E-state index contributed by atoms with van der Waals surface area (Å²) in [4.78, 5) is 11.8. The molecule has 0 bridgehead atoms. The Morgan fingerprint density at radius 2 is 2.12 bits per heavy atom. The first-order valence-corrected chi connectivity index (χ1v) is 6.41. The lowest BCUT2D eigenvalue weighted by atomic mass is 9.97. The van der Waals surface area contributed by atoms with Gasteiger partial charge in [-0.25, -0.2) is 4.39 Å². The van der Waals surface area contributed by atoms with Gasteiger partial charge in [-0.1, -0.05) is 6.07 Å². The Labute approximate surface area is 102 Å². The molecular formula is C12H15FO3S. The fourth-order valence-electron chi connectivity index (χ4n) is 1.35. The maximum absolute atomic E-state index is 13.0. The fourth-order valence-corrected chi connectivity index (χ4v) is 2.77. The number of rotatable bonds is 4. The van der Waals surface area contributed by atoms with E-state index >= 15 is 0 Å². The van der Waals surface area contributed by atoms with Gasteiger partial charge in [0.05, 0.1) is 23.3 Å². The molecule has 1 unspecified atom stereocenters. The van der Waals surface area contributed by atoms with Crippen molar-refractivity contribution in [3.05, 3.63) is 30.1 Å². The molecule has 0 aliphatic heterocycles.